The molecular formula is C16H18FN3O4S. The first-order chi connectivity index (χ1) is 12.0. The quantitative estimate of drug-likeness (QED) is 0.772. The summed E-state index contributed by atoms with van der Waals surface area (Å²) >= 11 is 0. The van der Waals surface area contributed by atoms with Gasteiger partial charge in [0, 0.05) is 6.54 Å². The van der Waals surface area contributed by atoms with Gasteiger partial charge in [-0.05, 0) is 24.1 Å². The van der Waals surface area contributed by atoms with Crippen LogP contribution in [0.1, 0.15) is 12.0 Å². The summed E-state index contributed by atoms with van der Waals surface area (Å²) in [6.45, 7) is 0.605. The van der Waals surface area contributed by atoms with Crippen molar-refractivity contribution in [2.45, 2.75) is 18.3 Å². The van der Waals surface area contributed by atoms with E-state index in [4.69, 9.17) is 9.47 Å². The van der Waals surface area contributed by atoms with E-state index in [1.807, 2.05) is 0 Å². The number of aromatic nitrogens is 2. The normalized spacial score (nSPS) is 18.2. The predicted molar refractivity (Wildman–Crippen MR) is 88.2 cm³/mol. The molecule has 1 saturated heterocycles. The number of benzene rings is 1. The van der Waals surface area contributed by atoms with Gasteiger partial charge in [-0.25, -0.2) is 12.8 Å². The average Bonchev–Trinajstić information content (AvgIpc) is 3.06. The molecule has 0 radical (unpaired) electrons. The molecule has 1 aliphatic rings. The van der Waals surface area contributed by atoms with Gasteiger partial charge in [-0.2, -0.15) is 9.29 Å². The molecule has 0 aliphatic carbocycles. The topological polar surface area (TPSA) is 81.6 Å². The Morgan fingerprint density at radius 3 is 2.68 bits per heavy atom. The Bertz CT molecular complexity index is 830. The van der Waals surface area contributed by atoms with Gasteiger partial charge in [0.25, 0.3) is 0 Å². The molecule has 2 heterocycles. The van der Waals surface area contributed by atoms with Crippen molar-refractivity contribution in [3.63, 3.8) is 0 Å². The number of halogens is 1. The van der Waals surface area contributed by atoms with Crippen LogP contribution in [-0.2, 0) is 15.8 Å². The lowest BCUT2D eigenvalue weighted by atomic mass is 10.2. The Balaban J connectivity index is 1.62. The molecule has 0 bridgehead atoms. The van der Waals surface area contributed by atoms with Crippen LogP contribution in [0.25, 0.3) is 0 Å². The lowest BCUT2D eigenvalue weighted by Gasteiger charge is -2.17. The fourth-order valence-electron chi connectivity index (χ4n) is 2.59. The van der Waals surface area contributed by atoms with Gasteiger partial charge in [0.05, 0.1) is 31.8 Å². The maximum Gasteiger partial charge on any atom is 0.235 e. The molecule has 2 aromatic rings. The highest BCUT2D eigenvalue weighted by Crippen LogP contribution is 2.22. The Kier molecular flexibility index (Phi) is 5.14. The summed E-state index contributed by atoms with van der Waals surface area (Å²) < 4.78 is 50.0. The molecule has 25 heavy (non-hydrogen) atoms. The molecule has 7 nitrogen and oxygen atoms in total. The number of rotatable bonds is 6. The molecule has 1 aromatic heterocycles. The summed E-state index contributed by atoms with van der Waals surface area (Å²) in [4.78, 5) is 8.06. The summed E-state index contributed by atoms with van der Waals surface area (Å²) in [7, 11) is -2.01. The van der Waals surface area contributed by atoms with E-state index in [2.05, 4.69) is 9.97 Å². The van der Waals surface area contributed by atoms with Gasteiger partial charge in [0.1, 0.15) is 11.9 Å². The highest BCUT2D eigenvalue weighted by atomic mass is 32.2. The fraction of sp³-hybridized carbons (Fsp3) is 0.375. The molecule has 0 spiro atoms. The first-order valence-corrected chi connectivity index (χ1v) is 9.32. The van der Waals surface area contributed by atoms with Gasteiger partial charge < -0.3 is 9.47 Å². The smallest absolute Gasteiger partial charge is 0.235 e. The SMILES string of the molecule is COc1cncc(OC2CCN(S(=O)(=O)Cc3ccc(F)cc3)C2)n1. The second-order valence-electron chi connectivity index (χ2n) is 5.67. The Morgan fingerprint density at radius 2 is 1.96 bits per heavy atom. The van der Waals surface area contributed by atoms with Crippen LogP contribution < -0.4 is 9.47 Å². The fourth-order valence-corrected chi connectivity index (χ4v) is 4.16. The first-order valence-electron chi connectivity index (χ1n) is 7.71. The van der Waals surface area contributed by atoms with E-state index in [-0.39, 0.29) is 18.4 Å². The minimum Gasteiger partial charge on any atom is -0.480 e. The van der Waals surface area contributed by atoms with Crippen LogP contribution in [0.15, 0.2) is 36.7 Å². The monoisotopic (exact) mass is 367 g/mol. The first kappa shape index (κ1) is 17.6. The number of ether oxygens (including phenoxy) is 2. The molecule has 1 fully saturated rings. The van der Waals surface area contributed by atoms with E-state index in [1.54, 1.807) is 0 Å². The molecule has 9 heteroatoms. The number of nitrogens with zero attached hydrogens (tertiary/aromatic N) is 3. The summed E-state index contributed by atoms with van der Waals surface area (Å²) in [5.74, 6) is 0.0625. The molecule has 0 N–H and O–H groups in total. The van der Waals surface area contributed by atoms with Crippen LogP contribution in [-0.4, -0.2) is 49.0 Å². The molecular weight excluding hydrogens is 349 g/mol. The number of sulfonamides is 1. The van der Waals surface area contributed by atoms with Crippen molar-refractivity contribution < 1.29 is 22.3 Å². The van der Waals surface area contributed by atoms with Crippen LogP contribution in [0.5, 0.6) is 11.8 Å². The number of hydrogen-bond acceptors (Lipinski definition) is 6. The third-order valence-electron chi connectivity index (χ3n) is 3.85. The van der Waals surface area contributed by atoms with Gasteiger partial charge in [-0.3, -0.25) is 4.98 Å². The van der Waals surface area contributed by atoms with E-state index in [0.717, 1.165) is 0 Å². The van der Waals surface area contributed by atoms with E-state index in [1.165, 1.54) is 48.1 Å². The van der Waals surface area contributed by atoms with Gasteiger partial charge in [-0.15, -0.1) is 0 Å². The maximum atomic E-state index is 12.9. The van der Waals surface area contributed by atoms with Gasteiger partial charge in [-0.1, -0.05) is 12.1 Å². The Morgan fingerprint density at radius 1 is 1.24 bits per heavy atom. The lowest BCUT2D eigenvalue weighted by Crippen LogP contribution is -2.32. The third-order valence-corrected chi connectivity index (χ3v) is 5.67. The number of methoxy groups -OCH3 is 1. The van der Waals surface area contributed by atoms with Crippen molar-refractivity contribution in [1.29, 1.82) is 0 Å². The zero-order valence-corrected chi connectivity index (χ0v) is 14.4. The molecule has 134 valence electrons. The van der Waals surface area contributed by atoms with E-state index in [0.29, 0.717) is 30.3 Å². The maximum absolute atomic E-state index is 12.9. The van der Waals surface area contributed by atoms with Crippen molar-refractivity contribution in [2.24, 2.45) is 0 Å². The molecule has 1 aliphatic heterocycles. The third kappa shape index (κ3) is 4.43. The summed E-state index contributed by atoms with van der Waals surface area (Å²) in [5, 5.41) is 0. The molecule has 1 atom stereocenters. The molecule has 1 aromatic carbocycles. The van der Waals surface area contributed by atoms with Gasteiger partial charge in [0.15, 0.2) is 0 Å². The molecule has 1 unspecified atom stereocenters. The van der Waals surface area contributed by atoms with Crippen LogP contribution in [0.2, 0.25) is 0 Å². The standard InChI is InChI=1S/C16H18FN3O4S/c1-23-15-8-18-9-16(19-15)24-14-6-7-20(10-14)25(21,22)11-12-2-4-13(17)5-3-12/h2-5,8-9,14H,6-7,10-11H2,1H3. The van der Waals surface area contributed by atoms with Crippen molar-refractivity contribution in [2.75, 3.05) is 20.2 Å². The minimum absolute atomic E-state index is 0.168. The Labute approximate surface area is 145 Å². The van der Waals surface area contributed by atoms with Crippen LogP contribution in [0.4, 0.5) is 4.39 Å². The van der Waals surface area contributed by atoms with Crippen LogP contribution in [0, 0.1) is 5.82 Å². The van der Waals surface area contributed by atoms with Gasteiger partial charge >= 0.3 is 0 Å². The highest BCUT2D eigenvalue weighted by Gasteiger charge is 2.32. The summed E-state index contributed by atoms with van der Waals surface area (Å²) in [6, 6.07) is 5.45. The largest absolute Gasteiger partial charge is 0.480 e. The second-order valence-corrected chi connectivity index (χ2v) is 7.64. The molecule has 0 saturated carbocycles. The van der Waals surface area contributed by atoms with Crippen molar-refractivity contribution >= 4 is 10.0 Å². The zero-order chi connectivity index (χ0) is 17.9. The average molecular weight is 367 g/mol. The van der Waals surface area contributed by atoms with Crippen molar-refractivity contribution in [1.82, 2.24) is 14.3 Å². The van der Waals surface area contributed by atoms with E-state index >= 15 is 0 Å². The Hall–Kier alpha value is -2.26. The predicted octanol–water partition coefficient (Wildman–Crippen LogP) is 1.61. The molecule has 0 amide bonds. The van der Waals surface area contributed by atoms with E-state index < -0.39 is 15.8 Å². The van der Waals surface area contributed by atoms with E-state index in [9.17, 15) is 12.8 Å². The van der Waals surface area contributed by atoms with Gasteiger partial charge in [0.2, 0.25) is 21.8 Å². The van der Waals surface area contributed by atoms with Crippen molar-refractivity contribution in [3.8, 4) is 11.8 Å². The second kappa shape index (κ2) is 7.32. The molecule has 3 rings (SSSR count). The summed E-state index contributed by atoms with van der Waals surface area (Å²) in [6.07, 6.45) is 3.17. The number of hydrogen-bond donors (Lipinski definition) is 0. The highest BCUT2D eigenvalue weighted by molar-refractivity contribution is 7.88. The minimum atomic E-state index is -3.49. The van der Waals surface area contributed by atoms with Crippen molar-refractivity contribution in [3.05, 3.63) is 48.0 Å². The van der Waals surface area contributed by atoms with Crippen LogP contribution in [0.3, 0.4) is 0 Å². The van der Waals surface area contributed by atoms with Crippen LogP contribution >= 0.6 is 0 Å². The summed E-state index contributed by atoms with van der Waals surface area (Å²) in [5.41, 5.74) is 0.546. The zero-order valence-electron chi connectivity index (χ0n) is 13.6. The lowest BCUT2D eigenvalue weighted by molar-refractivity contribution is 0.203.